The molecule has 0 aromatic heterocycles. The standard InChI is InChI=1S/C18H34ClN2O9PS/c1-5-6-10-7-11(21(3)8-10)17(24)20-12(9(2)19)15-13(22)14(23)16(30-31(25,26)27)18(29-15)32(4)28/h9-16,18,22-23H,5-8H2,1-4H3,(H,20,24)(H2,25,26,27)/t9-,10+,11-,12+,13+,14-,15+,16+,18+,32?/m0/s1. The van der Waals surface area contributed by atoms with Crippen molar-refractivity contribution in [3.8, 4) is 0 Å². The predicted octanol–water partition coefficient (Wildman–Crippen LogP) is -0.478. The Morgan fingerprint density at radius 2 is 2.00 bits per heavy atom. The van der Waals surface area contributed by atoms with Crippen molar-refractivity contribution in [2.24, 2.45) is 5.92 Å². The number of hydrogen-bond acceptors (Lipinski definition) is 8. The molecule has 188 valence electrons. The van der Waals surface area contributed by atoms with Crippen LogP contribution in [0.4, 0.5) is 0 Å². The number of amides is 1. The van der Waals surface area contributed by atoms with Crippen LogP contribution in [0.5, 0.6) is 0 Å². The van der Waals surface area contributed by atoms with E-state index < -0.39 is 65.9 Å². The lowest BCUT2D eigenvalue weighted by molar-refractivity contribution is -0.202. The second kappa shape index (κ2) is 11.5. The Hall–Kier alpha value is -0.140. The van der Waals surface area contributed by atoms with Gasteiger partial charge in [-0.1, -0.05) is 13.3 Å². The molecule has 0 aliphatic carbocycles. The van der Waals surface area contributed by atoms with Gasteiger partial charge in [0.1, 0.15) is 24.4 Å². The Morgan fingerprint density at radius 3 is 2.50 bits per heavy atom. The van der Waals surface area contributed by atoms with Crippen LogP contribution < -0.4 is 5.32 Å². The third-order valence-corrected chi connectivity index (χ3v) is 7.78. The summed E-state index contributed by atoms with van der Waals surface area (Å²) in [6.07, 6.45) is -2.68. The van der Waals surface area contributed by atoms with E-state index in [1.165, 1.54) is 6.26 Å². The van der Waals surface area contributed by atoms with E-state index in [0.717, 1.165) is 19.4 Å². The van der Waals surface area contributed by atoms with Gasteiger partial charge in [-0.25, -0.2) is 4.57 Å². The Balaban J connectivity index is 2.21. The zero-order chi connectivity index (χ0) is 24.4. The van der Waals surface area contributed by atoms with Gasteiger partial charge in [-0.3, -0.25) is 18.4 Å². The summed E-state index contributed by atoms with van der Waals surface area (Å²) in [5.41, 5.74) is -1.47. The second-order valence-electron chi connectivity index (χ2n) is 8.57. The molecule has 5 N–H and O–H groups in total. The normalized spacial score (nSPS) is 37.1. The Bertz CT molecular complexity index is 727. The molecule has 2 heterocycles. The zero-order valence-corrected chi connectivity index (χ0v) is 21.0. The van der Waals surface area contributed by atoms with Crippen LogP contribution in [0.3, 0.4) is 0 Å². The molecule has 0 spiro atoms. The number of phosphoric ester groups is 1. The number of rotatable bonds is 9. The van der Waals surface area contributed by atoms with E-state index in [1.807, 2.05) is 11.9 Å². The number of aliphatic hydroxyl groups is 2. The number of nitrogens with one attached hydrogen (secondary N) is 1. The minimum absolute atomic E-state index is 0.309. The van der Waals surface area contributed by atoms with Gasteiger partial charge in [0.15, 0.2) is 5.44 Å². The SMILES string of the molecule is CCC[C@@H]1C[C@@H](C(=O)N[C@@H]([C@H]2O[C@H](S(C)=O)[C@H](OP(=O)(O)O)[C@@H](O)[C@H]2O)[C@H](C)Cl)N(C)C1. The van der Waals surface area contributed by atoms with Gasteiger partial charge in [-0.05, 0) is 32.7 Å². The largest absolute Gasteiger partial charge is 0.470 e. The lowest BCUT2D eigenvalue weighted by Crippen LogP contribution is -2.66. The van der Waals surface area contributed by atoms with E-state index >= 15 is 0 Å². The van der Waals surface area contributed by atoms with E-state index in [1.54, 1.807) is 6.92 Å². The van der Waals surface area contributed by atoms with Gasteiger partial charge in [-0.2, -0.15) is 0 Å². The van der Waals surface area contributed by atoms with Crippen LogP contribution in [0.2, 0.25) is 0 Å². The molecule has 1 amide bonds. The molecule has 32 heavy (non-hydrogen) atoms. The maximum Gasteiger partial charge on any atom is 0.470 e. The zero-order valence-electron chi connectivity index (χ0n) is 18.5. The Kier molecular flexibility index (Phi) is 10.1. The van der Waals surface area contributed by atoms with Gasteiger partial charge in [-0.15, -0.1) is 11.6 Å². The number of aliphatic hydroxyl groups excluding tert-OH is 2. The van der Waals surface area contributed by atoms with Crippen molar-refractivity contribution >= 4 is 36.1 Å². The molecule has 1 unspecified atom stereocenters. The fraction of sp³-hybridized carbons (Fsp3) is 0.944. The Labute approximate surface area is 195 Å². The first kappa shape index (κ1) is 28.1. The number of likely N-dealkylation sites (N-methyl/N-ethyl adjacent to an activating group) is 1. The van der Waals surface area contributed by atoms with Crippen molar-refractivity contribution in [1.82, 2.24) is 10.2 Å². The molecule has 0 saturated carbocycles. The highest BCUT2D eigenvalue weighted by molar-refractivity contribution is 7.84. The number of carbonyl (C=O) groups excluding carboxylic acids is 1. The van der Waals surface area contributed by atoms with Crippen molar-refractivity contribution < 1.29 is 42.8 Å². The van der Waals surface area contributed by atoms with Gasteiger partial charge >= 0.3 is 7.82 Å². The molecule has 2 rings (SSSR count). The Morgan fingerprint density at radius 1 is 1.38 bits per heavy atom. The van der Waals surface area contributed by atoms with Crippen LogP contribution in [-0.2, 0) is 29.4 Å². The quantitative estimate of drug-likeness (QED) is 0.198. The third kappa shape index (κ3) is 6.94. The number of phosphoric acid groups is 1. The van der Waals surface area contributed by atoms with Crippen LogP contribution in [0, 0.1) is 5.92 Å². The molecule has 0 bridgehead atoms. The molecule has 2 aliphatic heterocycles. The highest BCUT2D eigenvalue weighted by Gasteiger charge is 2.52. The van der Waals surface area contributed by atoms with Crippen molar-refractivity contribution in [1.29, 1.82) is 0 Å². The molecular formula is C18H34ClN2O9PS. The first-order valence-electron chi connectivity index (χ1n) is 10.5. The molecule has 2 saturated heterocycles. The number of carbonyl (C=O) groups is 1. The molecule has 0 radical (unpaired) electrons. The topological polar surface area (TPSA) is 166 Å². The van der Waals surface area contributed by atoms with Gasteiger partial charge < -0.3 is 30.1 Å². The molecule has 0 aromatic carbocycles. The summed E-state index contributed by atoms with van der Waals surface area (Å²) in [5, 5.41) is 23.2. The molecule has 10 atom stereocenters. The predicted molar refractivity (Wildman–Crippen MR) is 118 cm³/mol. The van der Waals surface area contributed by atoms with E-state index in [9.17, 15) is 23.8 Å². The van der Waals surface area contributed by atoms with Crippen molar-refractivity contribution in [3.63, 3.8) is 0 Å². The highest BCUT2D eigenvalue weighted by Crippen LogP contribution is 2.42. The molecule has 2 fully saturated rings. The van der Waals surface area contributed by atoms with Crippen molar-refractivity contribution in [2.45, 2.75) is 80.4 Å². The average molecular weight is 521 g/mol. The fourth-order valence-corrected chi connectivity index (χ4v) is 6.17. The summed E-state index contributed by atoms with van der Waals surface area (Å²) in [4.78, 5) is 33.2. The number of hydrogen-bond donors (Lipinski definition) is 5. The number of alkyl halides is 1. The summed E-state index contributed by atoms with van der Waals surface area (Å²) >= 11 is 6.29. The number of nitrogens with zero attached hydrogens (tertiary/aromatic N) is 1. The van der Waals surface area contributed by atoms with E-state index in [4.69, 9.17) is 26.1 Å². The number of ether oxygens (including phenoxy) is 1. The van der Waals surface area contributed by atoms with E-state index in [0.29, 0.717) is 12.3 Å². The summed E-state index contributed by atoms with van der Waals surface area (Å²) < 4.78 is 33.7. The van der Waals surface area contributed by atoms with Crippen LogP contribution in [0.1, 0.15) is 33.1 Å². The summed E-state index contributed by atoms with van der Waals surface area (Å²) in [7, 11) is -5.08. The van der Waals surface area contributed by atoms with Crippen LogP contribution >= 0.6 is 19.4 Å². The summed E-state index contributed by atoms with van der Waals surface area (Å²) in [5.74, 6) is 0.0834. The smallest absolute Gasteiger partial charge is 0.388 e. The summed E-state index contributed by atoms with van der Waals surface area (Å²) in [6.45, 7) is 4.44. The lowest BCUT2D eigenvalue weighted by Gasteiger charge is -2.45. The lowest BCUT2D eigenvalue weighted by atomic mass is 9.92. The summed E-state index contributed by atoms with van der Waals surface area (Å²) in [6, 6.07) is -1.37. The number of halogens is 1. The van der Waals surface area contributed by atoms with Crippen molar-refractivity contribution in [2.75, 3.05) is 19.8 Å². The maximum absolute atomic E-state index is 13.0. The monoisotopic (exact) mass is 520 g/mol. The van der Waals surface area contributed by atoms with E-state index in [-0.39, 0.29) is 5.91 Å². The van der Waals surface area contributed by atoms with Gasteiger partial charge in [0.2, 0.25) is 5.91 Å². The first-order chi connectivity index (χ1) is 14.8. The van der Waals surface area contributed by atoms with Gasteiger partial charge in [0, 0.05) is 12.8 Å². The third-order valence-electron chi connectivity index (χ3n) is 5.96. The molecule has 11 nitrogen and oxygen atoms in total. The van der Waals surface area contributed by atoms with Gasteiger partial charge in [0.05, 0.1) is 28.3 Å². The molecular weight excluding hydrogens is 487 g/mol. The number of likely N-dealkylation sites (tertiary alicyclic amines) is 1. The molecule has 2 aliphatic rings. The second-order valence-corrected chi connectivity index (χ2v) is 11.9. The molecule has 14 heteroatoms. The average Bonchev–Trinajstić information content (AvgIpc) is 3.03. The van der Waals surface area contributed by atoms with E-state index in [2.05, 4.69) is 16.8 Å². The minimum atomic E-state index is -5.08. The fourth-order valence-electron chi connectivity index (χ4n) is 4.45. The van der Waals surface area contributed by atoms with Gasteiger partial charge in [0.25, 0.3) is 0 Å². The molecule has 0 aromatic rings. The first-order valence-corrected chi connectivity index (χ1v) is 14.1. The highest BCUT2D eigenvalue weighted by atomic mass is 35.5. The maximum atomic E-state index is 13.0. The van der Waals surface area contributed by atoms with Crippen molar-refractivity contribution in [3.05, 3.63) is 0 Å². The van der Waals surface area contributed by atoms with Crippen LogP contribution in [0.15, 0.2) is 0 Å². The minimum Gasteiger partial charge on any atom is -0.388 e. The van der Waals surface area contributed by atoms with Crippen LogP contribution in [0.25, 0.3) is 0 Å². The van der Waals surface area contributed by atoms with Crippen LogP contribution in [-0.4, -0.2) is 102 Å².